The number of hydrogen-bond donors (Lipinski definition) is 2. The van der Waals surface area contributed by atoms with Crippen molar-refractivity contribution in [1.82, 2.24) is 20.2 Å². The van der Waals surface area contributed by atoms with Crippen LogP contribution in [0.2, 0.25) is 0 Å². The molecule has 1 aromatic rings. The average Bonchev–Trinajstić information content (AvgIpc) is 3.84. The molecule has 0 aromatic carbocycles. The molecule has 264 valence electrons. The first-order valence-electron chi connectivity index (χ1n) is 16.4. The molecule has 0 bridgehead atoms. The Hall–Kier alpha value is -4.38. The number of halogens is 1. The number of nitrogens with one attached hydrogen (secondary N) is 2. The number of carbonyl (C=O) groups is 4. The highest BCUT2D eigenvalue weighted by Crippen LogP contribution is 2.57. The van der Waals surface area contributed by atoms with E-state index >= 15 is 0 Å². The molecule has 11 nitrogen and oxygen atoms in total. The molecule has 1 aliphatic heterocycles. The fourth-order valence-corrected chi connectivity index (χ4v) is 6.13. The predicted molar refractivity (Wildman–Crippen MR) is 186 cm³/mol. The van der Waals surface area contributed by atoms with E-state index in [-0.39, 0.29) is 35.0 Å². The highest BCUT2D eigenvalue weighted by molar-refractivity contribution is 6.29. The summed E-state index contributed by atoms with van der Waals surface area (Å²) in [5.74, 6) is -0.795. The molecule has 2 N–H and O–H groups in total. The third-order valence-electron chi connectivity index (χ3n) is 9.21. The summed E-state index contributed by atoms with van der Waals surface area (Å²) in [6.45, 7) is 11.4. The van der Waals surface area contributed by atoms with Crippen molar-refractivity contribution in [3.05, 3.63) is 89.9 Å². The van der Waals surface area contributed by atoms with Gasteiger partial charge in [0, 0.05) is 40.8 Å². The van der Waals surface area contributed by atoms with E-state index in [1.807, 2.05) is 65.0 Å². The summed E-state index contributed by atoms with van der Waals surface area (Å²) in [5.41, 5.74) is -0.469. The number of rotatable bonds is 14. The Kier molecular flexibility index (Phi) is 11.8. The van der Waals surface area contributed by atoms with Gasteiger partial charge in [-0.1, -0.05) is 81.3 Å². The van der Waals surface area contributed by atoms with Crippen LogP contribution >= 0.6 is 11.6 Å². The molecular formula is C37H47ClN4O7. The Morgan fingerprint density at radius 3 is 2.57 bits per heavy atom. The van der Waals surface area contributed by atoms with E-state index in [4.69, 9.17) is 25.8 Å². The van der Waals surface area contributed by atoms with Crippen molar-refractivity contribution >= 4 is 35.5 Å². The molecule has 12 heteroatoms. The van der Waals surface area contributed by atoms with Gasteiger partial charge in [0.1, 0.15) is 24.1 Å². The monoisotopic (exact) mass is 694 g/mol. The number of amides is 2. The Morgan fingerprint density at radius 1 is 1.18 bits per heavy atom. The van der Waals surface area contributed by atoms with Gasteiger partial charge in [-0.3, -0.25) is 9.59 Å². The summed E-state index contributed by atoms with van der Waals surface area (Å²) in [5, 5.41) is 6.26. The largest absolute Gasteiger partial charge is 0.490 e. The molecule has 49 heavy (non-hydrogen) atoms. The maximum atomic E-state index is 13.2. The summed E-state index contributed by atoms with van der Waals surface area (Å²) in [7, 11) is 1.46. The minimum Gasteiger partial charge on any atom is -0.490 e. The van der Waals surface area contributed by atoms with E-state index in [9.17, 15) is 19.2 Å². The standard InChI is InChI=1S/C37H47ClN4O7/c1-24(19-25(2)37-21-27(37)20-28(47-7)33(45)49-37)11-8-9-12-30(43)41-31(35(4,5)6)32(44)40-16-10-14-36(15-13-26(3)38)22-29(36)48-34(46)42-18-17-39-23-42/h8-13,16-20,23,25,27,29,31H,14-15,21-22H2,1-7H3,(H,40,44)(H,41,43)/b11-8-,12-9-,16-10-,24-19+,26-13+/t25-,27?,29?,31+,36?,37?/m0/s1. The van der Waals surface area contributed by atoms with Gasteiger partial charge in [0.2, 0.25) is 17.6 Å². The van der Waals surface area contributed by atoms with Crippen LogP contribution in [0.25, 0.3) is 0 Å². The van der Waals surface area contributed by atoms with E-state index < -0.39 is 35.0 Å². The molecule has 2 fully saturated rings. The lowest BCUT2D eigenvalue weighted by molar-refractivity contribution is -0.154. The molecule has 0 radical (unpaired) electrons. The molecule has 2 amide bonds. The third-order valence-corrected chi connectivity index (χ3v) is 9.36. The molecule has 0 saturated heterocycles. The first kappa shape index (κ1) is 37.4. The predicted octanol–water partition coefficient (Wildman–Crippen LogP) is 6.25. The van der Waals surface area contributed by atoms with Crippen LogP contribution in [0.5, 0.6) is 0 Å². The van der Waals surface area contributed by atoms with E-state index in [1.165, 1.54) is 36.5 Å². The van der Waals surface area contributed by atoms with Gasteiger partial charge in [-0.25, -0.2) is 19.1 Å². The van der Waals surface area contributed by atoms with Crippen molar-refractivity contribution in [2.45, 2.75) is 85.0 Å². The van der Waals surface area contributed by atoms with Crippen molar-refractivity contribution in [3.8, 4) is 0 Å². The van der Waals surface area contributed by atoms with Crippen LogP contribution in [-0.4, -0.2) is 58.3 Å². The molecule has 4 rings (SSSR count). The van der Waals surface area contributed by atoms with Crippen molar-refractivity contribution in [1.29, 1.82) is 0 Å². The Bertz CT molecular complexity index is 1600. The SMILES string of the molecule is COC1=CC2CC2([C@@H](C)/C=C(C)/C=C\C=C/C(=O)N[C@H](C(=O)N/C=C\CC2(C/C=C(\C)Cl)CC2OC(=O)n2ccnc2)C(C)(C)C)OC1=O. The van der Waals surface area contributed by atoms with Crippen molar-refractivity contribution in [3.63, 3.8) is 0 Å². The Morgan fingerprint density at radius 2 is 1.92 bits per heavy atom. The molecule has 6 atom stereocenters. The molecule has 0 spiro atoms. The number of allylic oxidation sites excluding steroid dienone is 7. The topological polar surface area (TPSA) is 138 Å². The van der Waals surface area contributed by atoms with Crippen molar-refractivity contribution in [2.75, 3.05) is 7.11 Å². The lowest BCUT2D eigenvalue weighted by Gasteiger charge is -2.29. The van der Waals surface area contributed by atoms with Crippen LogP contribution in [-0.2, 0) is 28.6 Å². The highest BCUT2D eigenvalue weighted by atomic mass is 35.5. The van der Waals surface area contributed by atoms with Crippen LogP contribution in [0.15, 0.2) is 89.9 Å². The van der Waals surface area contributed by atoms with E-state index in [2.05, 4.69) is 15.6 Å². The van der Waals surface area contributed by atoms with Gasteiger partial charge in [-0.15, -0.1) is 0 Å². The van der Waals surface area contributed by atoms with Gasteiger partial charge in [0.15, 0.2) is 0 Å². The normalized spacial score (nSPS) is 26.5. The molecule has 3 aliphatic rings. The van der Waals surface area contributed by atoms with E-state index in [1.54, 1.807) is 25.3 Å². The number of imidazole rings is 1. The Labute approximate surface area is 293 Å². The van der Waals surface area contributed by atoms with Gasteiger partial charge in [0.25, 0.3) is 0 Å². The second-order valence-electron chi connectivity index (χ2n) is 14.1. The van der Waals surface area contributed by atoms with E-state index in [0.29, 0.717) is 24.3 Å². The van der Waals surface area contributed by atoms with Gasteiger partial charge >= 0.3 is 12.1 Å². The minimum atomic E-state index is -0.807. The summed E-state index contributed by atoms with van der Waals surface area (Å²) in [6.07, 6.45) is 22.0. The fraction of sp³-hybridized carbons (Fsp3) is 0.486. The maximum Gasteiger partial charge on any atom is 0.419 e. The van der Waals surface area contributed by atoms with Crippen LogP contribution in [0.1, 0.15) is 67.2 Å². The van der Waals surface area contributed by atoms with Crippen LogP contribution in [0.3, 0.4) is 0 Å². The number of nitrogens with zero attached hydrogens (tertiary/aromatic N) is 2. The molecular weight excluding hydrogens is 648 g/mol. The first-order chi connectivity index (χ1) is 23.1. The number of hydrogen-bond acceptors (Lipinski definition) is 8. The fourth-order valence-electron chi connectivity index (χ4n) is 6.05. The average molecular weight is 695 g/mol. The van der Waals surface area contributed by atoms with Gasteiger partial charge in [0.05, 0.1) is 7.11 Å². The van der Waals surface area contributed by atoms with Gasteiger partial charge in [-0.05, 0) is 57.2 Å². The molecule has 2 heterocycles. The van der Waals surface area contributed by atoms with E-state index in [0.717, 1.165) is 12.0 Å². The number of ether oxygens (including phenoxy) is 3. The van der Waals surface area contributed by atoms with Gasteiger partial charge < -0.3 is 24.8 Å². The number of esters is 1. The second-order valence-corrected chi connectivity index (χ2v) is 14.7. The smallest absolute Gasteiger partial charge is 0.419 e. The lowest BCUT2D eigenvalue weighted by atomic mass is 9.86. The zero-order chi connectivity index (χ0) is 36.0. The molecule has 2 saturated carbocycles. The van der Waals surface area contributed by atoms with Crippen molar-refractivity contribution in [2.24, 2.45) is 22.7 Å². The highest BCUT2D eigenvalue weighted by Gasteiger charge is 2.62. The molecule has 4 unspecified atom stereocenters. The summed E-state index contributed by atoms with van der Waals surface area (Å²) in [6, 6.07) is -0.807. The number of aromatic nitrogens is 2. The van der Waals surface area contributed by atoms with Crippen molar-refractivity contribution < 1.29 is 33.4 Å². The molecule has 2 aliphatic carbocycles. The number of fused-ring (bicyclic) bond motifs is 1. The van der Waals surface area contributed by atoms with Crippen LogP contribution < -0.4 is 10.6 Å². The van der Waals surface area contributed by atoms with Gasteiger partial charge in [-0.2, -0.15) is 0 Å². The zero-order valence-electron chi connectivity index (χ0n) is 29.2. The maximum absolute atomic E-state index is 13.2. The minimum absolute atomic E-state index is 0.00135. The third kappa shape index (κ3) is 9.62. The second kappa shape index (κ2) is 15.4. The summed E-state index contributed by atoms with van der Waals surface area (Å²) < 4.78 is 17.8. The lowest BCUT2D eigenvalue weighted by Crippen LogP contribution is -2.52. The first-order valence-corrected chi connectivity index (χ1v) is 16.8. The Balaban J connectivity index is 1.28. The summed E-state index contributed by atoms with van der Waals surface area (Å²) >= 11 is 6.09. The molecule has 1 aromatic heterocycles. The van der Waals surface area contributed by atoms with Crippen LogP contribution in [0, 0.1) is 22.7 Å². The number of methoxy groups -OCH3 is 1. The zero-order valence-corrected chi connectivity index (χ0v) is 30.0. The van der Waals surface area contributed by atoms with Crippen LogP contribution in [0.4, 0.5) is 4.79 Å². The quantitative estimate of drug-likeness (QED) is 0.132. The summed E-state index contributed by atoms with van der Waals surface area (Å²) in [4.78, 5) is 54.5. The number of carbonyl (C=O) groups excluding carboxylic acids is 4.